The van der Waals surface area contributed by atoms with Gasteiger partial charge in [0.2, 0.25) is 0 Å². The molecule has 1 aromatic heterocycles. The Kier molecular flexibility index (Phi) is 2.61. The van der Waals surface area contributed by atoms with Gasteiger partial charge in [0.15, 0.2) is 0 Å². The number of hydrogen-bond donors (Lipinski definition) is 0. The number of fused-ring (bicyclic) bond motifs is 1. The number of nitrogens with zero attached hydrogens (tertiary/aromatic N) is 1. The number of aromatic nitrogens is 1. The zero-order chi connectivity index (χ0) is 11.0. The third-order valence-corrected chi connectivity index (χ3v) is 3.22. The van der Waals surface area contributed by atoms with E-state index < -0.39 is 0 Å². The second-order valence-electron chi connectivity index (χ2n) is 3.88. The highest BCUT2D eigenvalue weighted by Crippen LogP contribution is 2.24. The van der Waals surface area contributed by atoms with Crippen LogP contribution >= 0.6 is 0 Å². The molecule has 0 aliphatic carbocycles. The quantitative estimate of drug-likeness (QED) is 0.678. The smallest absolute Gasteiger partial charge is 0.0690 e. The summed E-state index contributed by atoms with van der Waals surface area (Å²) in [6, 6.07) is 6.26. The van der Waals surface area contributed by atoms with Gasteiger partial charge in [0, 0.05) is 5.69 Å². The highest BCUT2D eigenvalue weighted by Gasteiger charge is 2.03. The first-order valence-electron chi connectivity index (χ1n) is 5.20. The van der Waals surface area contributed by atoms with Gasteiger partial charge in [-0.3, -0.25) is 4.98 Å². The van der Waals surface area contributed by atoms with Gasteiger partial charge in [0.05, 0.1) is 5.52 Å². The zero-order valence-electron chi connectivity index (χ0n) is 9.29. The summed E-state index contributed by atoms with van der Waals surface area (Å²) >= 11 is 5.50. The van der Waals surface area contributed by atoms with E-state index in [1.54, 1.807) is 0 Å². The molecule has 0 aliphatic heterocycles. The predicted octanol–water partition coefficient (Wildman–Crippen LogP) is 3.32. The average molecular weight is 216 g/mol. The fourth-order valence-corrected chi connectivity index (χ4v) is 2.38. The van der Waals surface area contributed by atoms with E-state index in [9.17, 15) is 0 Å². The van der Waals surface area contributed by atoms with Crippen molar-refractivity contribution in [3.8, 4) is 0 Å². The molecule has 0 amide bonds. The van der Waals surface area contributed by atoms with Crippen LogP contribution in [0.2, 0.25) is 0 Å². The summed E-state index contributed by atoms with van der Waals surface area (Å²) in [5.74, 6) is 0. The lowest BCUT2D eigenvalue weighted by molar-refractivity contribution is 1.02. The minimum Gasteiger partial charge on any atom is -0.779 e. The largest absolute Gasteiger partial charge is 0.779 e. The van der Waals surface area contributed by atoms with Crippen LogP contribution in [-0.2, 0) is 19.0 Å². The van der Waals surface area contributed by atoms with Gasteiger partial charge in [-0.1, -0.05) is 24.6 Å². The molecule has 2 aromatic rings. The van der Waals surface area contributed by atoms with Crippen LogP contribution in [-0.4, -0.2) is 4.98 Å². The molecule has 78 valence electrons. The average Bonchev–Trinajstić information content (AvgIpc) is 2.20. The lowest BCUT2D eigenvalue weighted by Crippen LogP contribution is -1.96. The summed E-state index contributed by atoms with van der Waals surface area (Å²) in [6.07, 6.45) is 0.960. The Bertz CT molecular complexity index is 517. The lowest BCUT2D eigenvalue weighted by Gasteiger charge is -2.18. The molecule has 2 rings (SSSR count). The van der Waals surface area contributed by atoms with E-state index in [0.29, 0.717) is 0 Å². The van der Waals surface area contributed by atoms with Crippen molar-refractivity contribution in [3.05, 3.63) is 35.0 Å². The van der Waals surface area contributed by atoms with Crippen LogP contribution in [0.15, 0.2) is 23.1 Å². The van der Waals surface area contributed by atoms with Gasteiger partial charge < -0.3 is 12.6 Å². The third kappa shape index (κ3) is 1.70. The maximum absolute atomic E-state index is 5.50. The third-order valence-electron chi connectivity index (χ3n) is 2.75. The molecule has 0 N–H and O–H groups in total. The molecule has 0 atom stereocenters. The van der Waals surface area contributed by atoms with Crippen LogP contribution in [0.4, 0.5) is 0 Å². The summed E-state index contributed by atoms with van der Waals surface area (Å²) in [4.78, 5) is 5.56. The van der Waals surface area contributed by atoms with Crippen molar-refractivity contribution in [3.63, 3.8) is 0 Å². The predicted molar refractivity (Wildman–Crippen MR) is 66.2 cm³/mol. The molecule has 0 saturated heterocycles. The second kappa shape index (κ2) is 3.78. The highest BCUT2D eigenvalue weighted by atomic mass is 32.1. The maximum Gasteiger partial charge on any atom is 0.0690 e. The van der Waals surface area contributed by atoms with E-state index in [1.807, 2.05) is 13.0 Å². The van der Waals surface area contributed by atoms with Crippen molar-refractivity contribution >= 4 is 23.5 Å². The first-order valence-corrected chi connectivity index (χ1v) is 5.61. The number of rotatable bonds is 1. The molecule has 0 spiro atoms. The minimum absolute atomic E-state index is 0.960. The Morgan fingerprint density at radius 2 is 2.00 bits per heavy atom. The number of pyridine rings is 1. The first kappa shape index (κ1) is 10.4. The molecule has 15 heavy (non-hydrogen) atoms. The van der Waals surface area contributed by atoms with Gasteiger partial charge in [-0.2, -0.15) is 4.90 Å². The van der Waals surface area contributed by atoms with E-state index in [-0.39, 0.29) is 0 Å². The molecule has 1 heterocycles. The Morgan fingerprint density at radius 3 is 2.67 bits per heavy atom. The van der Waals surface area contributed by atoms with Gasteiger partial charge in [-0.05, 0) is 37.3 Å². The molecular weight excluding hydrogens is 202 g/mol. The number of benzene rings is 1. The fourth-order valence-electron chi connectivity index (χ4n) is 1.92. The zero-order valence-corrected chi connectivity index (χ0v) is 10.1. The monoisotopic (exact) mass is 216 g/mol. The topological polar surface area (TPSA) is 12.9 Å². The molecule has 0 unspecified atom stereocenters. The Morgan fingerprint density at radius 1 is 1.27 bits per heavy atom. The fraction of sp³-hybridized carbons (Fsp3) is 0.308. The van der Waals surface area contributed by atoms with E-state index in [1.165, 1.54) is 11.1 Å². The molecule has 0 aliphatic rings. The van der Waals surface area contributed by atoms with Crippen molar-refractivity contribution in [2.75, 3.05) is 0 Å². The second-order valence-corrected chi connectivity index (χ2v) is 4.29. The number of hydrogen-bond acceptors (Lipinski definition) is 2. The highest BCUT2D eigenvalue weighted by molar-refractivity contribution is 7.59. The molecule has 2 heteroatoms. The summed E-state index contributed by atoms with van der Waals surface area (Å²) in [7, 11) is 0. The Balaban J connectivity index is 2.86. The van der Waals surface area contributed by atoms with Crippen LogP contribution in [0.1, 0.15) is 23.7 Å². The molecule has 0 bridgehead atoms. The van der Waals surface area contributed by atoms with Crippen molar-refractivity contribution in [2.24, 2.45) is 0 Å². The van der Waals surface area contributed by atoms with Crippen LogP contribution in [0.5, 0.6) is 0 Å². The lowest BCUT2D eigenvalue weighted by atomic mass is 10.1. The van der Waals surface area contributed by atoms with Crippen LogP contribution in [0.25, 0.3) is 10.9 Å². The molecule has 1 nitrogen and oxygen atoms in total. The Hall–Kier alpha value is -1.15. The van der Waals surface area contributed by atoms with Crippen LogP contribution < -0.4 is 0 Å². The van der Waals surface area contributed by atoms with E-state index >= 15 is 0 Å². The minimum atomic E-state index is 0.960. The summed E-state index contributed by atoms with van der Waals surface area (Å²) in [5, 5.41) is 1.12. The van der Waals surface area contributed by atoms with E-state index in [0.717, 1.165) is 27.9 Å². The summed E-state index contributed by atoms with van der Waals surface area (Å²) in [5.41, 5.74) is 4.53. The van der Waals surface area contributed by atoms with E-state index in [4.69, 9.17) is 12.6 Å². The van der Waals surface area contributed by atoms with Crippen LogP contribution in [0.3, 0.4) is 0 Å². The summed E-state index contributed by atoms with van der Waals surface area (Å²) < 4.78 is 0. The van der Waals surface area contributed by atoms with Crippen molar-refractivity contribution in [1.29, 1.82) is 0 Å². The number of aryl methyl sites for hydroxylation is 2. The van der Waals surface area contributed by atoms with Crippen molar-refractivity contribution < 1.29 is 0 Å². The molecular formula is C13H14NS-. The van der Waals surface area contributed by atoms with Gasteiger partial charge in [-0.15, -0.1) is 0 Å². The Labute approximate surface area is 95.9 Å². The normalized spacial score (nSPS) is 10.9. The summed E-state index contributed by atoms with van der Waals surface area (Å²) in [6.45, 7) is 6.25. The van der Waals surface area contributed by atoms with Gasteiger partial charge in [0.25, 0.3) is 0 Å². The first-order chi connectivity index (χ1) is 7.13. The van der Waals surface area contributed by atoms with Crippen molar-refractivity contribution in [2.45, 2.75) is 32.1 Å². The van der Waals surface area contributed by atoms with Gasteiger partial charge in [-0.25, -0.2) is 0 Å². The van der Waals surface area contributed by atoms with Crippen molar-refractivity contribution in [1.82, 2.24) is 4.98 Å². The molecule has 1 aromatic carbocycles. The molecule has 0 radical (unpaired) electrons. The van der Waals surface area contributed by atoms with Crippen LogP contribution in [0, 0.1) is 13.8 Å². The molecule has 0 saturated carbocycles. The van der Waals surface area contributed by atoms with Gasteiger partial charge >= 0.3 is 0 Å². The maximum atomic E-state index is 5.50. The van der Waals surface area contributed by atoms with E-state index in [2.05, 4.69) is 31.0 Å². The van der Waals surface area contributed by atoms with Gasteiger partial charge in [0.1, 0.15) is 0 Å². The standard InChI is InChI=1S/C13H15NS/c1-4-10-9(3)14-12-6-5-8(2)7-11(12)13(10)15/h5-7H,4H2,1-3H3,(H,14,15)/p-1. The SMILES string of the molecule is CCc1c(C)nc2ccc(C)cc2c1[S-]. The molecule has 0 fully saturated rings.